The van der Waals surface area contributed by atoms with Crippen molar-refractivity contribution in [1.82, 2.24) is 4.98 Å². The molecular formula is C16H10N4O4S. The highest BCUT2D eigenvalue weighted by Gasteiger charge is 2.20. The molecule has 25 heavy (non-hydrogen) atoms. The van der Waals surface area contributed by atoms with E-state index in [1.165, 1.54) is 18.3 Å². The van der Waals surface area contributed by atoms with Gasteiger partial charge in [0.2, 0.25) is 0 Å². The van der Waals surface area contributed by atoms with Gasteiger partial charge in [-0.1, -0.05) is 12.1 Å². The number of nitrogens with zero attached hydrogens (tertiary/aromatic N) is 4. The molecule has 0 fully saturated rings. The molecular weight excluding hydrogens is 344 g/mol. The molecule has 3 aromatic rings. The van der Waals surface area contributed by atoms with Gasteiger partial charge in [-0.05, 0) is 30.3 Å². The lowest BCUT2D eigenvalue weighted by molar-refractivity contribution is 0.479. The zero-order valence-corrected chi connectivity index (χ0v) is 13.3. The van der Waals surface area contributed by atoms with Crippen molar-refractivity contribution in [2.45, 2.75) is 4.90 Å². The summed E-state index contributed by atoms with van der Waals surface area (Å²) in [7, 11) is -4.55. The molecule has 0 bridgehead atoms. The van der Waals surface area contributed by atoms with Crippen LogP contribution in [0.15, 0.2) is 63.8 Å². The molecule has 9 heteroatoms. The Balaban J connectivity index is 2.14. The van der Waals surface area contributed by atoms with Gasteiger partial charge in [-0.25, -0.2) is 4.85 Å². The highest BCUT2D eigenvalue weighted by molar-refractivity contribution is 7.86. The first-order valence-electron chi connectivity index (χ1n) is 6.87. The summed E-state index contributed by atoms with van der Waals surface area (Å²) in [5, 5.41) is 18.1. The summed E-state index contributed by atoms with van der Waals surface area (Å²) in [5.41, 5.74) is 0.662. The number of azo groups is 1. The molecule has 0 saturated carbocycles. The van der Waals surface area contributed by atoms with Crippen LogP contribution < -0.4 is 0 Å². The molecule has 8 nitrogen and oxygen atoms in total. The minimum absolute atomic E-state index is 0.0186. The van der Waals surface area contributed by atoms with Crippen molar-refractivity contribution >= 4 is 38.1 Å². The number of pyridine rings is 1. The largest absolute Gasteiger partial charge is 0.504 e. The van der Waals surface area contributed by atoms with Crippen LogP contribution in [0.4, 0.5) is 17.1 Å². The van der Waals surface area contributed by atoms with E-state index >= 15 is 0 Å². The van der Waals surface area contributed by atoms with Gasteiger partial charge >= 0.3 is 0 Å². The standard InChI is InChI=1S/C16H10N4O4S/c1-17-10-4-6-11(7-5-10)19-20-13-9-14(25(22,23)24)12-3-2-8-18-15(12)16(13)21/h2-9,21H,(H,22,23,24). The van der Waals surface area contributed by atoms with Crippen LogP contribution in [-0.2, 0) is 10.1 Å². The molecule has 0 aliphatic heterocycles. The van der Waals surface area contributed by atoms with E-state index in [-0.39, 0.29) is 22.3 Å². The van der Waals surface area contributed by atoms with Crippen LogP contribution in [-0.4, -0.2) is 23.1 Å². The third-order valence-corrected chi connectivity index (χ3v) is 4.23. The van der Waals surface area contributed by atoms with Gasteiger partial charge in [-0.2, -0.15) is 13.5 Å². The summed E-state index contributed by atoms with van der Waals surface area (Å²) in [4.78, 5) is 6.76. The third-order valence-electron chi connectivity index (χ3n) is 3.34. The number of hydrogen-bond acceptors (Lipinski definition) is 6. The van der Waals surface area contributed by atoms with Crippen LogP contribution >= 0.6 is 0 Å². The van der Waals surface area contributed by atoms with Gasteiger partial charge in [0.15, 0.2) is 11.4 Å². The maximum Gasteiger partial charge on any atom is 0.295 e. The first-order chi connectivity index (χ1) is 11.9. The van der Waals surface area contributed by atoms with Gasteiger partial charge < -0.3 is 5.11 Å². The van der Waals surface area contributed by atoms with E-state index in [1.54, 1.807) is 24.3 Å². The number of hydrogen-bond donors (Lipinski definition) is 2. The second-order valence-corrected chi connectivity index (χ2v) is 6.34. The van der Waals surface area contributed by atoms with Crippen molar-refractivity contribution in [2.24, 2.45) is 10.2 Å². The predicted molar refractivity (Wildman–Crippen MR) is 90.1 cm³/mol. The normalized spacial score (nSPS) is 11.7. The Bertz CT molecular complexity index is 1130. The number of aromatic nitrogens is 1. The maximum atomic E-state index is 11.6. The maximum absolute atomic E-state index is 11.6. The van der Waals surface area contributed by atoms with Crippen LogP contribution in [0.5, 0.6) is 5.75 Å². The average molecular weight is 354 g/mol. The Labute approximate surface area is 142 Å². The van der Waals surface area contributed by atoms with Crippen LogP contribution in [0, 0.1) is 6.57 Å². The summed E-state index contributed by atoms with van der Waals surface area (Å²) in [6, 6.07) is 10.1. The number of rotatable bonds is 3. The van der Waals surface area contributed by atoms with Crippen LogP contribution in [0.25, 0.3) is 15.7 Å². The lowest BCUT2D eigenvalue weighted by Gasteiger charge is -2.07. The van der Waals surface area contributed by atoms with E-state index in [9.17, 15) is 18.1 Å². The molecule has 2 aromatic carbocycles. The fourth-order valence-electron chi connectivity index (χ4n) is 2.18. The topological polar surface area (TPSA) is 117 Å². The van der Waals surface area contributed by atoms with E-state index in [4.69, 9.17) is 6.57 Å². The highest BCUT2D eigenvalue weighted by atomic mass is 32.2. The van der Waals surface area contributed by atoms with Crippen molar-refractivity contribution < 1.29 is 18.1 Å². The minimum Gasteiger partial charge on any atom is -0.504 e. The Hall–Kier alpha value is -3.35. The van der Waals surface area contributed by atoms with E-state index in [0.29, 0.717) is 11.4 Å². The smallest absolute Gasteiger partial charge is 0.295 e. The first-order valence-corrected chi connectivity index (χ1v) is 8.31. The number of phenols is 1. The molecule has 2 N–H and O–H groups in total. The van der Waals surface area contributed by atoms with Crippen molar-refractivity contribution in [3.8, 4) is 5.75 Å². The molecule has 1 aromatic heterocycles. The molecule has 0 aliphatic rings. The summed E-state index contributed by atoms with van der Waals surface area (Å²) in [5.74, 6) is -0.357. The Morgan fingerprint density at radius 1 is 1.12 bits per heavy atom. The Morgan fingerprint density at radius 3 is 2.48 bits per heavy atom. The molecule has 3 rings (SSSR count). The predicted octanol–water partition coefficient (Wildman–Crippen LogP) is 4.15. The van der Waals surface area contributed by atoms with Gasteiger partial charge in [0.25, 0.3) is 10.1 Å². The zero-order valence-electron chi connectivity index (χ0n) is 12.5. The van der Waals surface area contributed by atoms with E-state index in [2.05, 4.69) is 20.1 Å². The highest BCUT2D eigenvalue weighted by Crippen LogP contribution is 2.38. The Kier molecular flexibility index (Phi) is 4.14. The molecule has 0 atom stereocenters. The van der Waals surface area contributed by atoms with Crippen LogP contribution in [0.3, 0.4) is 0 Å². The fraction of sp³-hybridized carbons (Fsp3) is 0. The molecule has 0 spiro atoms. The molecule has 1 heterocycles. The summed E-state index contributed by atoms with van der Waals surface area (Å²) < 4.78 is 32.6. The van der Waals surface area contributed by atoms with Gasteiger partial charge in [-0.15, -0.1) is 5.11 Å². The first kappa shape index (κ1) is 16.5. The molecule has 124 valence electrons. The summed E-state index contributed by atoms with van der Waals surface area (Å²) in [6.45, 7) is 6.89. The lowest BCUT2D eigenvalue weighted by atomic mass is 10.2. The summed E-state index contributed by atoms with van der Waals surface area (Å²) >= 11 is 0. The number of aromatic hydroxyl groups is 1. The van der Waals surface area contributed by atoms with Crippen LogP contribution in [0.1, 0.15) is 0 Å². The fourth-order valence-corrected chi connectivity index (χ4v) is 2.88. The van der Waals surface area contributed by atoms with Gasteiger partial charge in [0.1, 0.15) is 16.1 Å². The number of phenolic OH excluding ortho intramolecular Hbond substituents is 1. The second kappa shape index (κ2) is 6.27. The molecule has 0 unspecified atom stereocenters. The quantitative estimate of drug-likeness (QED) is 0.416. The molecule has 0 amide bonds. The monoisotopic (exact) mass is 354 g/mol. The van der Waals surface area contributed by atoms with Gasteiger partial charge in [-0.3, -0.25) is 9.54 Å². The molecule has 0 saturated heterocycles. The lowest BCUT2D eigenvalue weighted by Crippen LogP contribution is -1.99. The van der Waals surface area contributed by atoms with Crippen molar-refractivity contribution in [1.29, 1.82) is 0 Å². The summed E-state index contributed by atoms with van der Waals surface area (Å²) in [6.07, 6.45) is 1.37. The van der Waals surface area contributed by atoms with Crippen molar-refractivity contribution in [3.05, 3.63) is 60.1 Å². The van der Waals surface area contributed by atoms with Crippen LogP contribution in [0.2, 0.25) is 0 Å². The average Bonchev–Trinajstić information content (AvgIpc) is 2.61. The van der Waals surface area contributed by atoms with Crippen molar-refractivity contribution in [3.63, 3.8) is 0 Å². The third kappa shape index (κ3) is 3.30. The second-order valence-electron chi connectivity index (χ2n) is 4.95. The minimum atomic E-state index is -4.55. The van der Waals surface area contributed by atoms with E-state index in [0.717, 1.165) is 6.07 Å². The van der Waals surface area contributed by atoms with E-state index < -0.39 is 15.0 Å². The van der Waals surface area contributed by atoms with Crippen molar-refractivity contribution in [2.75, 3.05) is 0 Å². The molecule has 0 aliphatic carbocycles. The Morgan fingerprint density at radius 2 is 1.84 bits per heavy atom. The SMILES string of the molecule is [C-]#[N+]c1ccc(N=Nc2cc(S(=O)(=O)O)c3cccnc3c2O)cc1. The molecule has 0 radical (unpaired) electrons. The number of fused-ring (bicyclic) bond motifs is 1. The number of benzene rings is 2. The van der Waals surface area contributed by atoms with Gasteiger partial charge in [0, 0.05) is 11.6 Å². The zero-order chi connectivity index (χ0) is 18.0. The van der Waals surface area contributed by atoms with E-state index in [1.807, 2.05) is 0 Å². The van der Waals surface area contributed by atoms with Gasteiger partial charge in [0.05, 0.1) is 12.3 Å².